The summed E-state index contributed by atoms with van der Waals surface area (Å²) in [5.74, 6) is 0. The molecule has 0 bridgehead atoms. The van der Waals surface area contributed by atoms with Crippen molar-refractivity contribution >= 4 is 5.69 Å². The minimum atomic E-state index is 0.697. The van der Waals surface area contributed by atoms with Crippen molar-refractivity contribution in [2.45, 2.75) is 32.4 Å². The SMILES string of the molecule is CNCc1ccccc1N1CCCC1C. The molecular formula is C13H20N2. The molecule has 1 heterocycles. The number of rotatable bonds is 3. The van der Waals surface area contributed by atoms with Crippen molar-refractivity contribution in [1.82, 2.24) is 5.32 Å². The maximum Gasteiger partial charge on any atom is 0.0414 e. The molecule has 1 aromatic carbocycles. The fraction of sp³-hybridized carbons (Fsp3) is 0.538. The molecule has 1 aliphatic rings. The number of nitrogens with zero attached hydrogens (tertiary/aromatic N) is 1. The highest BCUT2D eigenvalue weighted by molar-refractivity contribution is 5.55. The van der Waals surface area contributed by atoms with Gasteiger partial charge in [0.05, 0.1) is 0 Å². The van der Waals surface area contributed by atoms with Crippen LogP contribution >= 0.6 is 0 Å². The second-order valence-electron chi connectivity index (χ2n) is 4.34. The van der Waals surface area contributed by atoms with Crippen molar-refractivity contribution in [2.75, 3.05) is 18.5 Å². The van der Waals surface area contributed by atoms with Crippen LogP contribution in [0.5, 0.6) is 0 Å². The van der Waals surface area contributed by atoms with Gasteiger partial charge in [-0.25, -0.2) is 0 Å². The highest BCUT2D eigenvalue weighted by atomic mass is 15.2. The van der Waals surface area contributed by atoms with E-state index in [1.807, 2.05) is 7.05 Å². The zero-order valence-electron chi connectivity index (χ0n) is 9.66. The maximum atomic E-state index is 3.24. The second kappa shape index (κ2) is 4.67. The molecule has 2 rings (SSSR count). The van der Waals surface area contributed by atoms with Gasteiger partial charge in [-0.1, -0.05) is 18.2 Å². The van der Waals surface area contributed by atoms with Gasteiger partial charge in [-0.3, -0.25) is 0 Å². The molecule has 0 aliphatic carbocycles. The van der Waals surface area contributed by atoms with Gasteiger partial charge >= 0.3 is 0 Å². The van der Waals surface area contributed by atoms with Crippen LogP contribution in [0, 0.1) is 0 Å². The van der Waals surface area contributed by atoms with E-state index in [2.05, 4.69) is 41.4 Å². The smallest absolute Gasteiger partial charge is 0.0414 e. The summed E-state index contributed by atoms with van der Waals surface area (Å²) in [6, 6.07) is 9.42. The zero-order valence-corrected chi connectivity index (χ0v) is 9.66. The zero-order chi connectivity index (χ0) is 10.7. The van der Waals surface area contributed by atoms with Crippen LogP contribution in [0.2, 0.25) is 0 Å². The Bertz CT molecular complexity index is 322. The fourth-order valence-electron chi connectivity index (χ4n) is 2.42. The first-order chi connectivity index (χ1) is 7.33. The third-order valence-corrected chi connectivity index (χ3v) is 3.22. The molecule has 0 saturated carbocycles. The van der Waals surface area contributed by atoms with E-state index in [-0.39, 0.29) is 0 Å². The summed E-state index contributed by atoms with van der Waals surface area (Å²) in [6.07, 6.45) is 2.66. The average molecular weight is 204 g/mol. The Morgan fingerprint density at radius 2 is 2.20 bits per heavy atom. The third-order valence-electron chi connectivity index (χ3n) is 3.22. The summed E-state index contributed by atoms with van der Waals surface area (Å²) in [5, 5.41) is 3.24. The molecule has 1 unspecified atom stereocenters. The summed E-state index contributed by atoms with van der Waals surface area (Å²) in [6.45, 7) is 4.49. The van der Waals surface area contributed by atoms with Gasteiger partial charge in [0.1, 0.15) is 0 Å². The summed E-state index contributed by atoms with van der Waals surface area (Å²) < 4.78 is 0. The molecule has 0 spiro atoms. The quantitative estimate of drug-likeness (QED) is 0.813. The molecule has 1 aliphatic heterocycles. The lowest BCUT2D eigenvalue weighted by molar-refractivity contribution is 0.726. The number of nitrogens with one attached hydrogen (secondary N) is 1. The fourth-order valence-corrected chi connectivity index (χ4v) is 2.42. The molecule has 0 radical (unpaired) electrons. The summed E-state index contributed by atoms with van der Waals surface area (Å²) in [7, 11) is 2.00. The second-order valence-corrected chi connectivity index (χ2v) is 4.34. The summed E-state index contributed by atoms with van der Waals surface area (Å²) in [5.41, 5.74) is 2.82. The van der Waals surface area contributed by atoms with E-state index in [1.54, 1.807) is 0 Å². The van der Waals surface area contributed by atoms with Crippen molar-refractivity contribution in [1.29, 1.82) is 0 Å². The number of anilines is 1. The van der Waals surface area contributed by atoms with Crippen molar-refractivity contribution in [3.05, 3.63) is 29.8 Å². The van der Waals surface area contributed by atoms with Crippen molar-refractivity contribution in [2.24, 2.45) is 0 Å². The number of hydrogen-bond acceptors (Lipinski definition) is 2. The predicted molar refractivity (Wildman–Crippen MR) is 65.2 cm³/mol. The molecule has 15 heavy (non-hydrogen) atoms. The Kier molecular flexibility index (Phi) is 3.27. The number of para-hydroxylation sites is 1. The van der Waals surface area contributed by atoms with Crippen LogP contribution in [0.4, 0.5) is 5.69 Å². The first-order valence-electron chi connectivity index (χ1n) is 5.82. The molecule has 1 saturated heterocycles. The summed E-state index contributed by atoms with van der Waals surface area (Å²) in [4.78, 5) is 2.53. The van der Waals surface area contributed by atoms with Crippen LogP contribution in [0.25, 0.3) is 0 Å². The Hall–Kier alpha value is -1.02. The Balaban J connectivity index is 2.25. The first kappa shape index (κ1) is 10.5. The van der Waals surface area contributed by atoms with Gasteiger partial charge in [-0.15, -0.1) is 0 Å². The van der Waals surface area contributed by atoms with Gasteiger partial charge in [0.15, 0.2) is 0 Å². The van der Waals surface area contributed by atoms with E-state index < -0.39 is 0 Å². The molecule has 82 valence electrons. The molecule has 1 aromatic rings. The molecule has 0 amide bonds. The lowest BCUT2D eigenvalue weighted by Gasteiger charge is -2.26. The number of benzene rings is 1. The molecule has 1 atom stereocenters. The van der Waals surface area contributed by atoms with Crippen LogP contribution in [-0.2, 0) is 6.54 Å². The third kappa shape index (κ3) is 2.15. The first-order valence-corrected chi connectivity index (χ1v) is 5.82. The molecule has 2 nitrogen and oxygen atoms in total. The van der Waals surface area contributed by atoms with E-state index in [1.165, 1.54) is 30.6 Å². The van der Waals surface area contributed by atoms with Gasteiger partial charge in [0.2, 0.25) is 0 Å². The lowest BCUT2D eigenvalue weighted by atomic mass is 10.1. The van der Waals surface area contributed by atoms with Crippen LogP contribution in [0.15, 0.2) is 24.3 Å². The lowest BCUT2D eigenvalue weighted by Crippen LogP contribution is -2.27. The minimum Gasteiger partial charge on any atom is -0.369 e. The minimum absolute atomic E-state index is 0.697. The molecule has 1 N–H and O–H groups in total. The average Bonchev–Trinajstić information content (AvgIpc) is 2.66. The maximum absolute atomic E-state index is 3.24. The van der Waals surface area contributed by atoms with Crippen LogP contribution < -0.4 is 10.2 Å². The highest BCUT2D eigenvalue weighted by Crippen LogP contribution is 2.28. The van der Waals surface area contributed by atoms with Crippen LogP contribution in [0.1, 0.15) is 25.3 Å². The van der Waals surface area contributed by atoms with Crippen molar-refractivity contribution in [3.8, 4) is 0 Å². The van der Waals surface area contributed by atoms with Crippen LogP contribution in [-0.4, -0.2) is 19.6 Å². The van der Waals surface area contributed by atoms with E-state index in [4.69, 9.17) is 0 Å². The van der Waals surface area contributed by atoms with E-state index >= 15 is 0 Å². The topological polar surface area (TPSA) is 15.3 Å². The Labute approximate surface area is 92.3 Å². The summed E-state index contributed by atoms with van der Waals surface area (Å²) >= 11 is 0. The monoisotopic (exact) mass is 204 g/mol. The Morgan fingerprint density at radius 1 is 1.40 bits per heavy atom. The van der Waals surface area contributed by atoms with E-state index in [9.17, 15) is 0 Å². The van der Waals surface area contributed by atoms with Crippen molar-refractivity contribution in [3.63, 3.8) is 0 Å². The van der Waals surface area contributed by atoms with Gasteiger partial charge in [-0.05, 0) is 38.4 Å². The standard InChI is InChI=1S/C13H20N2/c1-11-6-5-9-15(11)13-8-4-3-7-12(13)10-14-2/h3-4,7-8,11,14H,5-6,9-10H2,1-2H3. The largest absolute Gasteiger partial charge is 0.369 e. The molecule has 0 aromatic heterocycles. The van der Waals surface area contributed by atoms with E-state index in [0.717, 1.165) is 6.54 Å². The molecule has 2 heteroatoms. The van der Waals surface area contributed by atoms with Crippen molar-refractivity contribution < 1.29 is 0 Å². The van der Waals surface area contributed by atoms with E-state index in [0.29, 0.717) is 6.04 Å². The normalized spacial score (nSPS) is 20.9. The predicted octanol–water partition coefficient (Wildman–Crippen LogP) is 2.39. The van der Waals surface area contributed by atoms with Gasteiger partial charge in [-0.2, -0.15) is 0 Å². The van der Waals surface area contributed by atoms with Gasteiger partial charge < -0.3 is 10.2 Å². The highest BCUT2D eigenvalue weighted by Gasteiger charge is 2.21. The van der Waals surface area contributed by atoms with Gasteiger partial charge in [0.25, 0.3) is 0 Å². The molecular weight excluding hydrogens is 184 g/mol. The molecule has 1 fully saturated rings. The Morgan fingerprint density at radius 3 is 2.87 bits per heavy atom. The number of hydrogen-bond donors (Lipinski definition) is 1. The van der Waals surface area contributed by atoms with Crippen LogP contribution in [0.3, 0.4) is 0 Å². The van der Waals surface area contributed by atoms with Gasteiger partial charge in [0, 0.05) is 24.8 Å².